The Balaban J connectivity index is 2.21. The summed E-state index contributed by atoms with van der Waals surface area (Å²) in [6.45, 7) is 1.67. The van der Waals surface area contributed by atoms with Gasteiger partial charge in [-0.1, -0.05) is 30.3 Å². The minimum Gasteiger partial charge on any atom is -0.496 e. The number of hydrogen-bond acceptors (Lipinski definition) is 3. The van der Waals surface area contributed by atoms with E-state index in [2.05, 4.69) is 0 Å². The fraction of sp³-hybridized carbons (Fsp3) is 0.143. The van der Waals surface area contributed by atoms with Crippen LogP contribution in [0.4, 0.5) is 14.5 Å². The standard InChI is InChI=1S/C21H19F2NO3S/c1-15(18-7-3-5-9-20(18)27-2)24(17-13-11-16(22)12-14-17)28(25,26)21-10-6-4-8-19(21)23/h3-15H,1-2H3. The number of benzene rings is 3. The molecule has 1 unspecified atom stereocenters. The van der Waals surface area contributed by atoms with Crippen LogP contribution < -0.4 is 9.04 Å². The summed E-state index contributed by atoms with van der Waals surface area (Å²) in [7, 11) is -2.80. The Morgan fingerprint density at radius 3 is 2.14 bits per heavy atom. The van der Waals surface area contributed by atoms with Crippen LogP contribution in [0, 0.1) is 11.6 Å². The summed E-state index contributed by atoms with van der Waals surface area (Å²) < 4.78 is 61.0. The van der Waals surface area contributed by atoms with Gasteiger partial charge in [-0.25, -0.2) is 17.2 Å². The van der Waals surface area contributed by atoms with E-state index >= 15 is 0 Å². The molecule has 28 heavy (non-hydrogen) atoms. The molecule has 0 aliphatic carbocycles. The number of anilines is 1. The zero-order valence-electron chi connectivity index (χ0n) is 15.3. The summed E-state index contributed by atoms with van der Waals surface area (Å²) in [4.78, 5) is -0.457. The molecule has 0 saturated heterocycles. The summed E-state index contributed by atoms with van der Waals surface area (Å²) in [5.41, 5.74) is 0.803. The van der Waals surface area contributed by atoms with Crippen molar-refractivity contribution in [3.8, 4) is 5.75 Å². The topological polar surface area (TPSA) is 46.6 Å². The van der Waals surface area contributed by atoms with Crippen molar-refractivity contribution >= 4 is 15.7 Å². The fourth-order valence-electron chi connectivity index (χ4n) is 3.06. The molecule has 3 aromatic rings. The Kier molecular flexibility index (Phi) is 5.65. The van der Waals surface area contributed by atoms with E-state index in [4.69, 9.17) is 4.74 Å². The third-order valence-electron chi connectivity index (χ3n) is 4.40. The fourth-order valence-corrected chi connectivity index (χ4v) is 4.76. The first kappa shape index (κ1) is 19.8. The van der Waals surface area contributed by atoms with Crippen LogP contribution in [0.3, 0.4) is 0 Å². The molecule has 7 heteroatoms. The van der Waals surface area contributed by atoms with Crippen LogP contribution in [-0.2, 0) is 10.0 Å². The first-order chi connectivity index (χ1) is 13.4. The predicted molar refractivity (Wildman–Crippen MR) is 104 cm³/mol. The van der Waals surface area contributed by atoms with E-state index in [9.17, 15) is 17.2 Å². The maximum Gasteiger partial charge on any atom is 0.267 e. The second kappa shape index (κ2) is 7.98. The smallest absolute Gasteiger partial charge is 0.267 e. The Morgan fingerprint density at radius 1 is 0.893 bits per heavy atom. The van der Waals surface area contributed by atoms with E-state index in [0.29, 0.717) is 11.3 Å². The van der Waals surface area contributed by atoms with Gasteiger partial charge in [0.15, 0.2) is 0 Å². The van der Waals surface area contributed by atoms with E-state index < -0.39 is 32.6 Å². The van der Waals surface area contributed by atoms with Gasteiger partial charge in [-0.15, -0.1) is 0 Å². The van der Waals surface area contributed by atoms with Gasteiger partial charge in [0.25, 0.3) is 10.0 Å². The van der Waals surface area contributed by atoms with Crippen LogP contribution in [0.2, 0.25) is 0 Å². The Labute approximate surface area is 163 Å². The normalized spacial score (nSPS) is 12.4. The van der Waals surface area contributed by atoms with Crippen LogP contribution in [0.25, 0.3) is 0 Å². The number of ether oxygens (including phenoxy) is 1. The molecule has 0 spiro atoms. The maximum absolute atomic E-state index is 14.3. The molecule has 0 amide bonds. The molecule has 0 aromatic heterocycles. The van der Waals surface area contributed by atoms with Crippen molar-refractivity contribution in [3.05, 3.63) is 90.0 Å². The average Bonchev–Trinajstić information content (AvgIpc) is 2.69. The predicted octanol–water partition coefficient (Wildman–Crippen LogP) is 4.93. The molecule has 0 radical (unpaired) electrons. The molecular formula is C21H19F2NO3S. The molecule has 0 N–H and O–H groups in total. The minimum absolute atomic E-state index is 0.211. The molecule has 0 heterocycles. The van der Waals surface area contributed by atoms with Crippen molar-refractivity contribution < 1.29 is 21.9 Å². The van der Waals surface area contributed by atoms with Crippen molar-refractivity contribution in [2.45, 2.75) is 17.9 Å². The van der Waals surface area contributed by atoms with Crippen molar-refractivity contribution in [2.75, 3.05) is 11.4 Å². The van der Waals surface area contributed by atoms with E-state index in [-0.39, 0.29) is 5.69 Å². The average molecular weight is 403 g/mol. The highest BCUT2D eigenvalue weighted by Gasteiger charge is 2.33. The van der Waals surface area contributed by atoms with Gasteiger partial charge in [-0.3, -0.25) is 4.31 Å². The maximum atomic E-state index is 14.3. The molecule has 0 fully saturated rings. The quantitative estimate of drug-likeness (QED) is 0.586. The second-order valence-corrected chi connectivity index (χ2v) is 7.91. The van der Waals surface area contributed by atoms with E-state index in [0.717, 1.165) is 22.5 Å². The molecule has 3 aromatic carbocycles. The Hall–Kier alpha value is -2.93. The Bertz CT molecular complexity index is 1070. The van der Waals surface area contributed by atoms with Gasteiger partial charge in [-0.2, -0.15) is 0 Å². The first-order valence-electron chi connectivity index (χ1n) is 8.53. The van der Waals surface area contributed by atoms with Gasteiger partial charge < -0.3 is 4.74 Å². The zero-order chi connectivity index (χ0) is 20.3. The van der Waals surface area contributed by atoms with Gasteiger partial charge in [0.2, 0.25) is 0 Å². The van der Waals surface area contributed by atoms with Crippen LogP contribution >= 0.6 is 0 Å². The summed E-state index contributed by atoms with van der Waals surface area (Å²) in [5.74, 6) is -0.871. The lowest BCUT2D eigenvalue weighted by Gasteiger charge is -2.31. The highest BCUT2D eigenvalue weighted by Crippen LogP contribution is 2.37. The van der Waals surface area contributed by atoms with Crippen molar-refractivity contribution in [2.24, 2.45) is 0 Å². The lowest BCUT2D eigenvalue weighted by atomic mass is 10.1. The van der Waals surface area contributed by atoms with Crippen LogP contribution in [0.5, 0.6) is 5.75 Å². The van der Waals surface area contributed by atoms with Crippen LogP contribution in [0.1, 0.15) is 18.5 Å². The monoisotopic (exact) mass is 403 g/mol. The number of halogens is 2. The number of hydrogen-bond donors (Lipinski definition) is 0. The number of para-hydroxylation sites is 1. The van der Waals surface area contributed by atoms with Crippen molar-refractivity contribution in [1.82, 2.24) is 0 Å². The van der Waals surface area contributed by atoms with E-state index in [1.54, 1.807) is 31.2 Å². The summed E-state index contributed by atoms with van der Waals surface area (Å²) in [5, 5.41) is 0. The van der Waals surface area contributed by atoms with Crippen LogP contribution in [0.15, 0.2) is 77.7 Å². The highest BCUT2D eigenvalue weighted by atomic mass is 32.2. The van der Waals surface area contributed by atoms with Gasteiger partial charge >= 0.3 is 0 Å². The summed E-state index contributed by atoms with van der Waals surface area (Å²) >= 11 is 0. The molecule has 1 atom stereocenters. The van der Waals surface area contributed by atoms with Crippen LogP contribution in [-0.4, -0.2) is 15.5 Å². The number of methoxy groups -OCH3 is 1. The molecule has 3 rings (SSSR count). The molecular weight excluding hydrogens is 384 g/mol. The zero-order valence-corrected chi connectivity index (χ0v) is 16.2. The van der Waals surface area contributed by atoms with Gasteiger partial charge in [0, 0.05) is 5.56 Å². The van der Waals surface area contributed by atoms with Gasteiger partial charge in [-0.05, 0) is 49.4 Å². The van der Waals surface area contributed by atoms with Crippen molar-refractivity contribution in [1.29, 1.82) is 0 Å². The number of sulfonamides is 1. The molecule has 4 nitrogen and oxygen atoms in total. The lowest BCUT2D eigenvalue weighted by molar-refractivity contribution is 0.407. The summed E-state index contributed by atoms with van der Waals surface area (Å²) in [6, 6.07) is 16.4. The van der Waals surface area contributed by atoms with E-state index in [1.165, 1.54) is 37.4 Å². The Morgan fingerprint density at radius 2 is 1.50 bits per heavy atom. The first-order valence-corrected chi connectivity index (χ1v) is 9.97. The second-order valence-electron chi connectivity index (χ2n) is 6.13. The SMILES string of the molecule is COc1ccccc1C(C)N(c1ccc(F)cc1)S(=O)(=O)c1ccccc1F. The molecule has 0 saturated carbocycles. The van der Waals surface area contributed by atoms with Gasteiger partial charge in [0.1, 0.15) is 22.3 Å². The minimum atomic E-state index is -4.29. The highest BCUT2D eigenvalue weighted by molar-refractivity contribution is 7.92. The third-order valence-corrected chi connectivity index (χ3v) is 6.33. The third kappa shape index (κ3) is 3.71. The number of nitrogens with zero attached hydrogens (tertiary/aromatic N) is 1. The van der Waals surface area contributed by atoms with Crippen molar-refractivity contribution in [3.63, 3.8) is 0 Å². The summed E-state index contributed by atoms with van der Waals surface area (Å²) in [6.07, 6.45) is 0. The largest absolute Gasteiger partial charge is 0.496 e. The van der Waals surface area contributed by atoms with Gasteiger partial charge in [0.05, 0.1) is 18.8 Å². The lowest BCUT2D eigenvalue weighted by Crippen LogP contribution is -2.34. The molecule has 0 aliphatic rings. The molecule has 0 aliphatic heterocycles. The molecule has 146 valence electrons. The molecule has 0 bridgehead atoms. The number of rotatable bonds is 6. The van der Waals surface area contributed by atoms with E-state index in [1.807, 2.05) is 0 Å².